The molecule has 1 aromatic rings. The van der Waals surface area contributed by atoms with Gasteiger partial charge in [0.1, 0.15) is 0 Å². The Hall–Kier alpha value is -0.800. The van der Waals surface area contributed by atoms with Crippen LogP contribution in [-0.2, 0) is 0 Å². The van der Waals surface area contributed by atoms with Crippen LogP contribution in [0, 0.1) is 0 Å². The van der Waals surface area contributed by atoms with E-state index in [9.17, 15) is 0 Å². The predicted octanol–water partition coefficient (Wildman–Crippen LogP) is 4.14. The van der Waals surface area contributed by atoms with Crippen LogP contribution < -0.4 is 14.2 Å². The lowest BCUT2D eigenvalue weighted by atomic mass is 10.0. The molecule has 0 unspecified atom stereocenters. The second-order valence-corrected chi connectivity index (χ2v) is 4.55. The Kier molecular flexibility index (Phi) is 4.78. The fourth-order valence-electron chi connectivity index (χ4n) is 1.70. The predicted molar refractivity (Wildman–Crippen MR) is 70.2 cm³/mol. The van der Waals surface area contributed by atoms with Gasteiger partial charge in [-0.05, 0) is 11.5 Å². The summed E-state index contributed by atoms with van der Waals surface area (Å²) in [5.74, 6) is 1.45. The third kappa shape index (κ3) is 2.40. The second-order valence-electron chi connectivity index (χ2n) is 3.80. The molecule has 0 N–H and O–H groups in total. The van der Waals surface area contributed by atoms with Gasteiger partial charge in [-0.1, -0.05) is 37.0 Å². The molecule has 0 fully saturated rings. The summed E-state index contributed by atoms with van der Waals surface area (Å²) in [4.78, 5) is 0. The molecule has 5 heteroatoms. The number of methoxy groups -OCH3 is 3. The lowest BCUT2D eigenvalue weighted by molar-refractivity contribution is 0.324. The Morgan fingerprint density at radius 1 is 0.765 bits per heavy atom. The van der Waals surface area contributed by atoms with Crippen LogP contribution in [0.1, 0.15) is 25.3 Å². The van der Waals surface area contributed by atoms with Crippen LogP contribution in [0.3, 0.4) is 0 Å². The zero-order chi connectivity index (χ0) is 13.2. The fourth-order valence-corrected chi connectivity index (χ4v) is 2.70. The van der Waals surface area contributed by atoms with Gasteiger partial charge in [0.15, 0.2) is 11.5 Å². The molecule has 0 saturated heterocycles. The van der Waals surface area contributed by atoms with E-state index in [2.05, 4.69) is 0 Å². The molecule has 1 aromatic carbocycles. The van der Waals surface area contributed by atoms with E-state index < -0.39 is 0 Å². The number of halogens is 2. The minimum absolute atomic E-state index is 0.156. The summed E-state index contributed by atoms with van der Waals surface area (Å²) in [5.41, 5.74) is 0.794. The van der Waals surface area contributed by atoms with Gasteiger partial charge in [-0.2, -0.15) is 0 Å². The van der Waals surface area contributed by atoms with E-state index in [1.165, 1.54) is 21.3 Å². The Labute approximate surface area is 112 Å². The van der Waals surface area contributed by atoms with Gasteiger partial charge in [0.2, 0.25) is 5.75 Å². The van der Waals surface area contributed by atoms with E-state index in [1.54, 1.807) is 0 Å². The van der Waals surface area contributed by atoms with Gasteiger partial charge in [-0.3, -0.25) is 0 Å². The Bertz CT molecular complexity index is 386. The van der Waals surface area contributed by atoms with Gasteiger partial charge in [0, 0.05) is 0 Å². The molecule has 0 saturated carbocycles. The molecule has 0 radical (unpaired) electrons. The molecule has 96 valence electrons. The second kappa shape index (κ2) is 5.69. The molecule has 0 aromatic heterocycles. The van der Waals surface area contributed by atoms with Crippen LogP contribution in [0.25, 0.3) is 0 Å². The van der Waals surface area contributed by atoms with Crippen molar-refractivity contribution in [2.45, 2.75) is 19.8 Å². The standard InChI is InChI=1S/C12H16Cl2O3/c1-6(2)7-8(13)10(15-3)12(17-5)11(16-4)9(7)14/h6H,1-5H3. The SMILES string of the molecule is COc1c(Cl)c(C(C)C)c(Cl)c(OC)c1OC. The van der Waals surface area contributed by atoms with Gasteiger partial charge < -0.3 is 14.2 Å². The molecule has 0 aliphatic carbocycles. The highest BCUT2D eigenvalue weighted by Gasteiger charge is 2.25. The summed E-state index contributed by atoms with van der Waals surface area (Å²) >= 11 is 12.6. The van der Waals surface area contributed by atoms with E-state index >= 15 is 0 Å². The van der Waals surface area contributed by atoms with E-state index in [0.29, 0.717) is 27.3 Å². The van der Waals surface area contributed by atoms with Gasteiger partial charge in [0.25, 0.3) is 0 Å². The summed E-state index contributed by atoms with van der Waals surface area (Å²) in [6, 6.07) is 0. The van der Waals surface area contributed by atoms with E-state index in [-0.39, 0.29) is 5.92 Å². The molecule has 0 amide bonds. The van der Waals surface area contributed by atoms with E-state index in [4.69, 9.17) is 37.4 Å². The highest BCUT2D eigenvalue weighted by atomic mass is 35.5. The summed E-state index contributed by atoms with van der Waals surface area (Å²) < 4.78 is 15.8. The summed E-state index contributed by atoms with van der Waals surface area (Å²) in [6.07, 6.45) is 0. The molecule has 1 rings (SSSR count). The number of benzene rings is 1. The number of rotatable bonds is 4. The van der Waals surface area contributed by atoms with E-state index in [0.717, 1.165) is 5.56 Å². The zero-order valence-electron chi connectivity index (χ0n) is 10.6. The van der Waals surface area contributed by atoms with E-state index in [1.807, 2.05) is 13.8 Å². The Balaban J connectivity index is 3.67. The van der Waals surface area contributed by atoms with Crippen molar-refractivity contribution < 1.29 is 14.2 Å². The van der Waals surface area contributed by atoms with Crippen molar-refractivity contribution in [3.8, 4) is 17.2 Å². The highest BCUT2D eigenvalue weighted by molar-refractivity contribution is 6.38. The van der Waals surface area contributed by atoms with Crippen LogP contribution in [-0.4, -0.2) is 21.3 Å². The fraction of sp³-hybridized carbons (Fsp3) is 0.500. The lowest BCUT2D eigenvalue weighted by Gasteiger charge is -2.20. The topological polar surface area (TPSA) is 27.7 Å². The highest BCUT2D eigenvalue weighted by Crippen LogP contribution is 2.51. The number of hydrogen-bond acceptors (Lipinski definition) is 3. The monoisotopic (exact) mass is 278 g/mol. The zero-order valence-corrected chi connectivity index (χ0v) is 12.1. The smallest absolute Gasteiger partial charge is 0.206 e. The van der Waals surface area contributed by atoms with Gasteiger partial charge in [-0.15, -0.1) is 0 Å². The van der Waals surface area contributed by atoms with Gasteiger partial charge in [0.05, 0.1) is 31.4 Å². The maximum atomic E-state index is 6.28. The average molecular weight is 279 g/mol. The maximum absolute atomic E-state index is 6.28. The normalized spacial score (nSPS) is 10.6. The van der Waals surface area contributed by atoms with Gasteiger partial charge >= 0.3 is 0 Å². The first-order valence-corrected chi connectivity index (χ1v) is 5.91. The number of hydrogen-bond donors (Lipinski definition) is 0. The molecule has 0 bridgehead atoms. The Morgan fingerprint density at radius 3 is 1.35 bits per heavy atom. The van der Waals surface area contributed by atoms with Crippen molar-refractivity contribution in [3.05, 3.63) is 15.6 Å². The minimum atomic E-state index is 0.156. The van der Waals surface area contributed by atoms with Gasteiger partial charge in [-0.25, -0.2) is 0 Å². The first-order valence-electron chi connectivity index (χ1n) is 5.16. The first kappa shape index (κ1) is 14.3. The van der Waals surface area contributed by atoms with Crippen LogP contribution in [0.15, 0.2) is 0 Å². The average Bonchev–Trinajstić information content (AvgIpc) is 2.27. The molecular formula is C12H16Cl2O3. The third-order valence-electron chi connectivity index (χ3n) is 2.47. The van der Waals surface area contributed by atoms with Crippen LogP contribution in [0.5, 0.6) is 17.2 Å². The molecule has 0 aliphatic rings. The summed E-state index contributed by atoms with van der Waals surface area (Å²) in [7, 11) is 4.57. The van der Waals surface area contributed by atoms with Crippen molar-refractivity contribution in [1.29, 1.82) is 0 Å². The first-order chi connectivity index (χ1) is 7.99. The molecular weight excluding hydrogens is 263 g/mol. The molecule has 17 heavy (non-hydrogen) atoms. The maximum Gasteiger partial charge on any atom is 0.206 e. The Morgan fingerprint density at radius 2 is 1.12 bits per heavy atom. The van der Waals surface area contributed by atoms with Crippen LogP contribution >= 0.6 is 23.2 Å². The third-order valence-corrected chi connectivity index (χ3v) is 3.22. The molecule has 0 aliphatic heterocycles. The minimum Gasteiger partial charge on any atom is -0.491 e. The molecule has 3 nitrogen and oxygen atoms in total. The summed E-state index contributed by atoms with van der Waals surface area (Å²) in [6.45, 7) is 4.00. The van der Waals surface area contributed by atoms with Crippen LogP contribution in [0.4, 0.5) is 0 Å². The molecule has 0 atom stereocenters. The van der Waals surface area contributed by atoms with Crippen molar-refractivity contribution in [2.24, 2.45) is 0 Å². The van der Waals surface area contributed by atoms with Crippen molar-refractivity contribution >= 4 is 23.2 Å². The van der Waals surface area contributed by atoms with Crippen molar-refractivity contribution in [1.82, 2.24) is 0 Å². The molecule has 0 spiro atoms. The lowest BCUT2D eigenvalue weighted by Crippen LogP contribution is -2.01. The van der Waals surface area contributed by atoms with Crippen LogP contribution in [0.2, 0.25) is 10.0 Å². The summed E-state index contributed by atoms with van der Waals surface area (Å²) in [5, 5.41) is 0.926. The van der Waals surface area contributed by atoms with Crippen molar-refractivity contribution in [3.63, 3.8) is 0 Å². The quantitative estimate of drug-likeness (QED) is 0.828. The van der Waals surface area contributed by atoms with Crippen molar-refractivity contribution in [2.75, 3.05) is 21.3 Å². The molecule has 0 heterocycles. The largest absolute Gasteiger partial charge is 0.491 e. The number of ether oxygens (including phenoxy) is 3.